The van der Waals surface area contributed by atoms with Crippen molar-refractivity contribution in [2.75, 3.05) is 5.32 Å². The molecule has 0 aliphatic heterocycles. The van der Waals surface area contributed by atoms with Gasteiger partial charge in [0, 0.05) is 17.4 Å². The summed E-state index contributed by atoms with van der Waals surface area (Å²) >= 11 is 5.94. The second-order valence-electron chi connectivity index (χ2n) is 4.99. The number of benzene rings is 2. The van der Waals surface area contributed by atoms with Gasteiger partial charge in [-0.3, -0.25) is 0 Å². The second-order valence-corrected chi connectivity index (χ2v) is 5.33. The van der Waals surface area contributed by atoms with Crippen molar-refractivity contribution < 1.29 is 0 Å². The molecular formula is C18H16ClN3. The molecule has 1 heterocycles. The largest absolute Gasteiger partial charge is 0.340 e. The molecule has 4 heteroatoms. The van der Waals surface area contributed by atoms with E-state index < -0.39 is 0 Å². The van der Waals surface area contributed by atoms with Gasteiger partial charge in [-0.2, -0.15) is 0 Å². The number of halogens is 1. The number of aromatic nitrogens is 2. The van der Waals surface area contributed by atoms with Crippen LogP contribution in [-0.2, 0) is 12.8 Å². The van der Waals surface area contributed by atoms with Crippen molar-refractivity contribution >= 4 is 23.1 Å². The molecular weight excluding hydrogens is 294 g/mol. The van der Waals surface area contributed by atoms with Crippen LogP contribution in [-0.4, -0.2) is 9.97 Å². The fourth-order valence-electron chi connectivity index (χ4n) is 2.26. The number of rotatable bonds is 5. The van der Waals surface area contributed by atoms with Crippen molar-refractivity contribution in [3.63, 3.8) is 0 Å². The maximum absolute atomic E-state index is 5.94. The predicted octanol–water partition coefficient (Wildman–Crippen LogP) is 4.66. The van der Waals surface area contributed by atoms with Gasteiger partial charge in [-0.15, -0.1) is 0 Å². The summed E-state index contributed by atoms with van der Waals surface area (Å²) < 4.78 is 0. The third-order valence-corrected chi connectivity index (χ3v) is 3.58. The van der Waals surface area contributed by atoms with Crippen LogP contribution in [0.15, 0.2) is 66.9 Å². The fourth-order valence-corrected chi connectivity index (χ4v) is 2.39. The lowest BCUT2D eigenvalue weighted by Gasteiger charge is -2.11. The Morgan fingerprint density at radius 2 is 1.55 bits per heavy atom. The highest BCUT2D eigenvalue weighted by Gasteiger charge is 2.07. The molecule has 1 N–H and O–H groups in total. The van der Waals surface area contributed by atoms with E-state index in [1.165, 1.54) is 5.56 Å². The number of nitrogens with zero attached hydrogens (tertiary/aromatic N) is 2. The van der Waals surface area contributed by atoms with E-state index in [4.69, 9.17) is 11.6 Å². The van der Waals surface area contributed by atoms with Gasteiger partial charge >= 0.3 is 0 Å². The van der Waals surface area contributed by atoms with E-state index >= 15 is 0 Å². The average Bonchev–Trinajstić information content (AvgIpc) is 2.56. The van der Waals surface area contributed by atoms with Gasteiger partial charge in [0.25, 0.3) is 0 Å². The van der Waals surface area contributed by atoms with Gasteiger partial charge in [-0.1, -0.05) is 48.5 Å². The SMILES string of the molecule is Clc1ncc(CCc2ccccc2)c(Nc2ccccc2)n1. The molecule has 0 atom stereocenters. The Morgan fingerprint density at radius 3 is 2.27 bits per heavy atom. The van der Waals surface area contributed by atoms with Crippen molar-refractivity contribution in [1.82, 2.24) is 9.97 Å². The normalized spacial score (nSPS) is 10.4. The first-order valence-electron chi connectivity index (χ1n) is 7.19. The monoisotopic (exact) mass is 309 g/mol. The lowest BCUT2D eigenvalue weighted by Crippen LogP contribution is -2.02. The summed E-state index contributed by atoms with van der Waals surface area (Å²) in [7, 11) is 0. The van der Waals surface area contributed by atoms with Crippen molar-refractivity contribution in [2.24, 2.45) is 0 Å². The Hall–Kier alpha value is -2.39. The number of para-hydroxylation sites is 1. The van der Waals surface area contributed by atoms with Crippen LogP contribution in [0.5, 0.6) is 0 Å². The molecule has 2 aromatic carbocycles. The molecule has 110 valence electrons. The Labute approximate surface area is 135 Å². The molecule has 0 radical (unpaired) electrons. The Balaban J connectivity index is 1.78. The number of nitrogens with one attached hydrogen (secondary N) is 1. The zero-order chi connectivity index (χ0) is 15.2. The first kappa shape index (κ1) is 14.5. The number of anilines is 2. The minimum Gasteiger partial charge on any atom is -0.340 e. The van der Waals surface area contributed by atoms with Gasteiger partial charge in [0.05, 0.1) is 0 Å². The summed E-state index contributed by atoms with van der Waals surface area (Å²) in [5.41, 5.74) is 3.33. The van der Waals surface area contributed by atoms with Gasteiger partial charge in [-0.25, -0.2) is 9.97 Å². The van der Waals surface area contributed by atoms with Crippen molar-refractivity contribution in [2.45, 2.75) is 12.8 Å². The molecule has 0 aliphatic carbocycles. The maximum Gasteiger partial charge on any atom is 0.224 e. The zero-order valence-corrected chi connectivity index (χ0v) is 12.8. The van der Waals surface area contributed by atoms with Gasteiger partial charge in [-0.05, 0) is 42.1 Å². The summed E-state index contributed by atoms with van der Waals surface area (Å²) in [5, 5.41) is 3.57. The molecule has 0 aliphatic rings. The van der Waals surface area contributed by atoms with Crippen LogP contribution >= 0.6 is 11.6 Å². The number of aryl methyl sites for hydroxylation is 2. The van der Waals surface area contributed by atoms with Gasteiger partial charge in [0.2, 0.25) is 5.28 Å². The summed E-state index contributed by atoms with van der Waals surface area (Å²) in [6.07, 6.45) is 3.59. The van der Waals surface area contributed by atoms with E-state index in [-0.39, 0.29) is 5.28 Å². The topological polar surface area (TPSA) is 37.8 Å². The summed E-state index contributed by atoms with van der Waals surface area (Å²) in [6, 6.07) is 20.3. The van der Waals surface area contributed by atoms with Gasteiger partial charge in [0.15, 0.2) is 0 Å². The minimum absolute atomic E-state index is 0.252. The number of hydrogen-bond donors (Lipinski definition) is 1. The molecule has 3 aromatic rings. The van der Waals surface area contributed by atoms with Crippen molar-refractivity contribution in [1.29, 1.82) is 0 Å². The van der Waals surface area contributed by atoms with Crippen molar-refractivity contribution in [3.8, 4) is 0 Å². The van der Waals surface area contributed by atoms with Crippen LogP contribution in [0.4, 0.5) is 11.5 Å². The highest BCUT2D eigenvalue weighted by molar-refractivity contribution is 6.28. The maximum atomic E-state index is 5.94. The Bertz CT molecular complexity index is 730. The van der Waals surface area contributed by atoms with E-state index in [1.807, 2.05) is 36.4 Å². The second kappa shape index (κ2) is 7.05. The molecule has 0 spiro atoms. The zero-order valence-electron chi connectivity index (χ0n) is 12.0. The van der Waals surface area contributed by atoms with Gasteiger partial charge in [0.1, 0.15) is 5.82 Å². The lowest BCUT2D eigenvalue weighted by molar-refractivity contribution is 0.936. The molecule has 3 nitrogen and oxygen atoms in total. The highest BCUT2D eigenvalue weighted by atomic mass is 35.5. The summed E-state index contributed by atoms with van der Waals surface area (Å²) in [5.74, 6) is 0.766. The lowest BCUT2D eigenvalue weighted by atomic mass is 10.1. The Morgan fingerprint density at radius 1 is 0.864 bits per heavy atom. The number of hydrogen-bond acceptors (Lipinski definition) is 3. The van der Waals surface area contributed by atoms with E-state index in [1.54, 1.807) is 6.20 Å². The van der Waals surface area contributed by atoms with E-state index in [9.17, 15) is 0 Å². The molecule has 0 unspecified atom stereocenters. The molecule has 22 heavy (non-hydrogen) atoms. The van der Waals surface area contributed by atoms with Crippen LogP contribution < -0.4 is 5.32 Å². The molecule has 0 saturated heterocycles. The predicted molar refractivity (Wildman–Crippen MR) is 90.6 cm³/mol. The van der Waals surface area contributed by atoms with Crippen LogP contribution in [0.25, 0.3) is 0 Å². The highest BCUT2D eigenvalue weighted by Crippen LogP contribution is 2.21. The van der Waals surface area contributed by atoms with Crippen LogP contribution in [0.1, 0.15) is 11.1 Å². The van der Waals surface area contributed by atoms with Crippen LogP contribution in [0.2, 0.25) is 5.28 Å². The van der Waals surface area contributed by atoms with Gasteiger partial charge < -0.3 is 5.32 Å². The molecule has 0 saturated carbocycles. The molecule has 0 fully saturated rings. The quantitative estimate of drug-likeness (QED) is 0.697. The third-order valence-electron chi connectivity index (χ3n) is 3.40. The Kier molecular flexibility index (Phi) is 4.66. The fraction of sp³-hybridized carbons (Fsp3) is 0.111. The molecule has 1 aromatic heterocycles. The van der Waals surface area contributed by atoms with Crippen LogP contribution in [0.3, 0.4) is 0 Å². The first-order chi connectivity index (χ1) is 10.8. The minimum atomic E-state index is 0.252. The standard InChI is InChI=1S/C18H16ClN3/c19-18-20-13-15(12-11-14-7-3-1-4-8-14)17(22-18)21-16-9-5-2-6-10-16/h1-10,13H,11-12H2,(H,20,21,22). The first-order valence-corrected chi connectivity index (χ1v) is 7.56. The molecule has 0 amide bonds. The molecule has 3 rings (SSSR count). The smallest absolute Gasteiger partial charge is 0.224 e. The van der Waals surface area contributed by atoms with Crippen LogP contribution in [0, 0.1) is 0 Å². The van der Waals surface area contributed by atoms with E-state index in [2.05, 4.69) is 39.6 Å². The summed E-state index contributed by atoms with van der Waals surface area (Å²) in [4.78, 5) is 8.43. The summed E-state index contributed by atoms with van der Waals surface area (Å²) in [6.45, 7) is 0. The average molecular weight is 310 g/mol. The van der Waals surface area contributed by atoms with E-state index in [0.29, 0.717) is 0 Å². The van der Waals surface area contributed by atoms with E-state index in [0.717, 1.165) is 29.9 Å². The van der Waals surface area contributed by atoms with Crippen molar-refractivity contribution in [3.05, 3.63) is 83.3 Å². The molecule has 0 bridgehead atoms. The third kappa shape index (κ3) is 3.83.